The lowest BCUT2D eigenvalue weighted by atomic mass is 10.1. The minimum absolute atomic E-state index is 0.0187. The molecule has 0 aliphatic carbocycles. The zero-order valence-corrected chi connectivity index (χ0v) is 16.3. The molecule has 3 heterocycles. The topological polar surface area (TPSA) is 104 Å². The number of fused-ring (bicyclic) bond motifs is 1. The number of amides is 1. The van der Waals surface area contributed by atoms with Crippen molar-refractivity contribution in [2.24, 2.45) is 0 Å². The monoisotopic (exact) mass is 394 g/mol. The number of carbonyl (C=O) groups excluding carboxylic acids is 1. The number of hydrogen-bond donors (Lipinski definition) is 1. The Bertz CT molecular complexity index is 1090. The average molecular weight is 394 g/mol. The van der Waals surface area contributed by atoms with Gasteiger partial charge in [0.1, 0.15) is 12.0 Å². The van der Waals surface area contributed by atoms with Gasteiger partial charge in [0.05, 0.1) is 23.3 Å². The summed E-state index contributed by atoms with van der Waals surface area (Å²) in [5.74, 6) is 0.344. The third-order valence-corrected chi connectivity index (χ3v) is 4.76. The van der Waals surface area contributed by atoms with Gasteiger partial charge in [-0.05, 0) is 32.0 Å². The lowest BCUT2D eigenvalue weighted by molar-refractivity contribution is 0.0740. The summed E-state index contributed by atoms with van der Waals surface area (Å²) in [7, 11) is 0. The van der Waals surface area contributed by atoms with Crippen LogP contribution in [0.1, 0.15) is 24.3 Å². The molecule has 9 nitrogen and oxygen atoms in total. The summed E-state index contributed by atoms with van der Waals surface area (Å²) >= 11 is 0. The van der Waals surface area contributed by atoms with E-state index in [1.165, 1.54) is 18.7 Å². The molecular weight excluding hydrogens is 372 g/mol. The van der Waals surface area contributed by atoms with Gasteiger partial charge >= 0.3 is 0 Å². The Balaban J connectivity index is 1.50. The number of benzene rings is 1. The van der Waals surface area contributed by atoms with Gasteiger partial charge in [-0.1, -0.05) is 0 Å². The van der Waals surface area contributed by atoms with Gasteiger partial charge in [0.15, 0.2) is 0 Å². The third-order valence-electron chi connectivity index (χ3n) is 4.76. The number of piperazine rings is 1. The number of H-pyrrole nitrogens is 1. The Kier molecular flexibility index (Phi) is 5.11. The molecule has 9 heteroatoms. The van der Waals surface area contributed by atoms with Crippen LogP contribution in [-0.2, 0) is 0 Å². The standard InChI is InChI=1S/C20H22N6O3/c1-13(2)29-19-15-9-14(3-4-16(15)21-12-24-19)25-5-7-26(8-6-25)20(28)17-10-18(27)23-11-22-17/h3-4,9-13H,5-8H2,1-2H3,(H,22,23,27). The molecule has 1 aromatic carbocycles. The molecule has 1 aliphatic rings. The molecule has 0 bridgehead atoms. The van der Waals surface area contributed by atoms with Crippen LogP contribution in [0.2, 0.25) is 0 Å². The van der Waals surface area contributed by atoms with E-state index in [1.54, 1.807) is 4.90 Å². The Hall–Kier alpha value is -3.49. The van der Waals surface area contributed by atoms with Gasteiger partial charge < -0.3 is 19.5 Å². The highest BCUT2D eigenvalue weighted by Gasteiger charge is 2.23. The van der Waals surface area contributed by atoms with Crippen LogP contribution in [0.15, 0.2) is 41.7 Å². The van der Waals surface area contributed by atoms with Crippen molar-refractivity contribution in [1.29, 1.82) is 0 Å². The smallest absolute Gasteiger partial charge is 0.272 e. The summed E-state index contributed by atoms with van der Waals surface area (Å²) in [5, 5.41) is 0.866. The molecule has 1 aliphatic heterocycles. The Morgan fingerprint density at radius 2 is 1.90 bits per heavy atom. The maximum atomic E-state index is 12.6. The van der Waals surface area contributed by atoms with E-state index in [-0.39, 0.29) is 23.3 Å². The zero-order chi connectivity index (χ0) is 20.4. The normalized spacial score (nSPS) is 14.4. The SMILES string of the molecule is CC(C)Oc1ncnc2ccc(N3CCN(C(=O)c4cc(=O)[nH]cn4)CC3)cc12. The zero-order valence-electron chi connectivity index (χ0n) is 16.3. The first kappa shape index (κ1) is 18.9. The Morgan fingerprint density at radius 3 is 2.62 bits per heavy atom. The Morgan fingerprint density at radius 1 is 1.10 bits per heavy atom. The van der Waals surface area contributed by atoms with Crippen LogP contribution >= 0.6 is 0 Å². The molecule has 2 aromatic heterocycles. The molecule has 0 unspecified atom stereocenters. The molecule has 0 spiro atoms. The van der Waals surface area contributed by atoms with Crippen LogP contribution in [-0.4, -0.2) is 63.0 Å². The first-order valence-corrected chi connectivity index (χ1v) is 9.51. The van der Waals surface area contributed by atoms with Crippen molar-refractivity contribution in [3.05, 3.63) is 53.0 Å². The van der Waals surface area contributed by atoms with Crippen LogP contribution in [0.25, 0.3) is 10.9 Å². The van der Waals surface area contributed by atoms with Crippen molar-refractivity contribution in [2.45, 2.75) is 20.0 Å². The molecule has 0 radical (unpaired) electrons. The molecule has 4 rings (SSSR count). The Labute approximate surface area is 167 Å². The van der Waals surface area contributed by atoms with E-state index in [0.717, 1.165) is 16.6 Å². The van der Waals surface area contributed by atoms with Crippen LogP contribution in [0, 0.1) is 0 Å². The minimum Gasteiger partial charge on any atom is -0.474 e. The quantitative estimate of drug-likeness (QED) is 0.714. The van der Waals surface area contributed by atoms with Gasteiger partial charge in [-0.3, -0.25) is 9.59 Å². The predicted octanol–water partition coefficient (Wildman–Crippen LogP) is 1.46. The number of nitrogens with one attached hydrogen (secondary N) is 1. The summed E-state index contributed by atoms with van der Waals surface area (Å²) < 4.78 is 5.82. The number of aromatic amines is 1. The van der Waals surface area contributed by atoms with E-state index in [1.807, 2.05) is 32.0 Å². The number of ether oxygens (including phenoxy) is 1. The minimum atomic E-state index is -0.334. The summed E-state index contributed by atoms with van der Waals surface area (Å²) in [5.41, 5.74) is 1.69. The number of hydrogen-bond acceptors (Lipinski definition) is 7. The van der Waals surface area contributed by atoms with Crippen molar-refractivity contribution < 1.29 is 9.53 Å². The van der Waals surface area contributed by atoms with E-state index >= 15 is 0 Å². The van der Waals surface area contributed by atoms with Crippen LogP contribution < -0.4 is 15.2 Å². The fourth-order valence-corrected chi connectivity index (χ4v) is 3.35. The third kappa shape index (κ3) is 4.03. The number of carbonyl (C=O) groups is 1. The van der Waals surface area contributed by atoms with Crippen molar-refractivity contribution in [3.8, 4) is 5.88 Å². The van der Waals surface area contributed by atoms with Crippen LogP contribution in [0.4, 0.5) is 5.69 Å². The summed E-state index contributed by atoms with van der Waals surface area (Å²) in [4.78, 5) is 42.9. The maximum absolute atomic E-state index is 12.6. The molecule has 1 fully saturated rings. The second-order valence-electron chi connectivity index (χ2n) is 7.12. The average Bonchev–Trinajstić information content (AvgIpc) is 2.73. The van der Waals surface area contributed by atoms with E-state index in [4.69, 9.17) is 4.74 Å². The summed E-state index contributed by atoms with van der Waals surface area (Å²) in [6.07, 6.45) is 2.78. The van der Waals surface area contributed by atoms with Gasteiger partial charge in [-0.2, -0.15) is 0 Å². The molecule has 1 N–H and O–H groups in total. The van der Waals surface area contributed by atoms with Crippen LogP contribution in [0.5, 0.6) is 5.88 Å². The van der Waals surface area contributed by atoms with Crippen molar-refractivity contribution in [1.82, 2.24) is 24.8 Å². The van der Waals surface area contributed by atoms with Gasteiger partial charge in [0.25, 0.3) is 11.5 Å². The molecule has 3 aromatic rings. The molecular formula is C20H22N6O3. The highest BCUT2D eigenvalue weighted by Crippen LogP contribution is 2.28. The maximum Gasteiger partial charge on any atom is 0.272 e. The lowest BCUT2D eigenvalue weighted by Gasteiger charge is -2.36. The number of anilines is 1. The van der Waals surface area contributed by atoms with Crippen molar-refractivity contribution in [2.75, 3.05) is 31.1 Å². The first-order valence-electron chi connectivity index (χ1n) is 9.51. The second-order valence-corrected chi connectivity index (χ2v) is 7.12. The fraction of sp³-hybridized carbons (Fsp3) is 0.350. The number of rotatable bonds is 4. The fourth-order valence-electron chi connectivity index (χ4n) is 3.35. The molecule has 29 heavy (non-hydrogen) atoms. The summed E-state index contributed by atoms with van der Waals surface area (Å²) in [6, 6.07) is 7.23. The predicted molar refractivity (Wildman–Crippen MR) is 108 cm³/mol. The van der Waals surface area contributed by atoms with Crippen molar-refractivity contribution >= 4 is 22.5 Å². The highest BCUT2D eigenvalue weighted by molar-refractivity contribution is 5.92. The van der Waals surface area contributed by atoms with E-state index in [2.05, 4.69) is 24.8 Å². The van der Waals surface area contributed by atoms with Gasteiger partial charge in [0, 0.05) is 37.9 Å². The van der Waals surface area contributed by atoms with Gasteiger partial charge in [-0.15, -0.1) is 0 Å². The van der Waals surface area contributed by atoms with Crippen molar-refractivity contribution in [3.63, 3.8) is 0 Å². The van der Waals surface area contributed by atoms with E-state index in [0.29, 0.717) is 32.1 Å². The number of nitrogens with zero attached hydrogens (tertiary/aromatic N) is 5. The van der Waals surface area contributed by atoms with E-state index in [9.17, 15) is 9.59 Å². The number of aromatic nitrogens is 4. The molecule has 0 saturated carbocycles. The molecule has 150 valence electrons. The van der Waals surface area contributed by atoms with Gasteiger partial charge in [-0.25, -0.2) is 15.0 Å². The molecule has 1 saturated heterocycles. The molecule has 0 atom stereocenters. The van der Waals surface area contributed by atoms with Crippen LogP contribution in [0.3, 0.4) is 0 Å². The largest absolute Gasteiger partial charge is 0.474 e. The first-order chi connectivity index (χ1) is 14.0. The summed E-state index contributed by atoms with van der Waals surface area (Å²) in [6.45, 7) is 6.37. The second kappa shape index (κ2) is 7.86. The highest BCUT2D eigenvalue weighted by atomic mass is 16.5. The van der Waals surface area contributed by atoms with Gasteiger partial charge in [0.2, 0.25) is 5.88 Å². The van der Waals surface area contributed by atoms with E-state index < -0.39 is 0 Å². The lowest BCUT2D eigenvalue weighted by Crippen LogP contribution is -2.49. The molecule has 1 amide bonds.